The van der Waals surface area contributed by atoms with E-state index in [1.807, 2.05) is 6.92 Å². The lowest BCUT2D eigenvalue weighted by Gasteiger charge is -2.13. The van der Waals surface area contributed by atoms with E-state index in [1.165, 1.54) is 13.2 Å². The van der Waals surface area contributed by atoms with Crippen molar-refractivity contribution in [2.45, 2.75) is 38.4 Å². The smallest absolute Gasteiger partial charge is 0.416 e. The van der Waals surface area contributed by atoms with Gasteiger partial charge in [-0.2, -0.15) is 13.2 Å². The molecule has 1 atom stereocenters. The summed E-state index contributed by atoms with van der Waals surface area (Å²) in [5, 5.41) is 0. The number of nitrogens with two attached hydrogens (primary N) is 1. The summed E-state index contributed by atoms with van der Waals surface area (Å²) in [5.74, 6) is 0.287. The van der Waals surface area contributed by atoms with Gasteiger partial charge in [0, 0.05) is 6.04 Å². The summed E-state index contributed by atoms with van der Waals surface area (Å²) in [6.45, 7) is 1.91. The Kier molecular flexibility index (Phi) is 5.02. The van der Waals surface area contributed by atoms with Crippen molar-refractivity contribution in [3.05, 3.63) is 29.3 Å². The van der Waals surface area contributed by atoms with Crippen molar-refractivity contribution < 1.29 is 17.9 Å². The minimum absolute atomic E-state index is 0.102. The van der Waals surface area contributed by atoms with E-state index in [0.717, 1.165) is 30.5 Å². The first-order chi connectivity index (χ1) is 8.34. The maximum Gasteiger partial charge on any atom is 0.416 e. The van der Waals surface area contributed by atoms with Gasteiger partial charge >= 0.3 is 6.18 Å². The van der Waals surface area contributed by atoms with E-state index in [4.69, 9.17) is 10.5 Å². The van der Waals surface area contributed by atoms with E-state index in [2.05, 4.69) is 0 Å². The Hall–Kier alpha value is -1.23. The number of halogens is 3. The number of alkyl halides is 3. The second kappa shape index (κ2) is 6.09. The summed E-state index contributed by atoms with van der Waals surface area (Å²) in [6, 6.07) is 3.71. The third-order valence-corrected chi connectivity index (χ3v) is 2.72. The van der Waals surface area contributed by atoms with Gasteiger partial charge in [-0.25, -0.2) is 0 Å². The molecular formula is C13H18F3NO. The number of hydrogen-bond donors (Lipinski definition) is 1. The van der Waals surface area contributed by atoms with E-state index >= 15 is 0 Å². The topological polar surface area (TPSA) is 35.2 Å². The fourth-order valence-corrected chi connectivity index (χ4v) is 1.74. The van der Waals surface area contributed by atoms with E-state index in [-0.39, 0.29) is 11.8 Å². The van der Waals surface area contributed by atoms with E-state index in [9.17, 15) is 13.2 Å². The van der Waals surface area contributed by atoms with E-state index in [1.54, 1.807) is 0 Å². The van der Waals surface area contributed by atoms with Crippen LogP contribution in [0.4, 0.5) is 13.2 Å². The molecule has 0 aliphatic rings. The molecule has 18 heavy (non-hydrogen) atoms. The van der Waals surface area contributed by atoms with Crippen molar-refractivity contribution in [2.24, 2.45) is 5.73 Å². The van der Waals surface area contributed by atoms with E-state index < -0.39 is 11.7 Å². The van der Waals surface area contributed by atoms with Crippen molar-refractivity contribution in [3.8, 4) is 5.75 Å². The molecule has 5 heteroatoms. The number of methoxy groups -OCH3 is 1. The summed E-state index contributed by atoms with van der Waals surface area (Å²) in [6.07, 6.45) is -2.00. The molecular weight excluding hydrogens is 243 g/mol. The normalized spacial score (nSPS) is 13.4. The van der Waals surface area contributed by atoms with Crippen LogP contribution in [0.15, 0.2) is 18.2 Å². The van der Waals surface area contributed by atoms with Crippen LogP contribution >= 0.6 is 0 Å². The molecule has 2 nitrogen and oxygen atoms in total. The SMILES string of the molecule is COc1cc(C(F)(F)F)ccc1CCCC(C)N. The Balaban J connectivity index is 2.81. The van der Waals surface area contributed by atoms with Gasteiger partial charge in [0.05, 0.1) is 12.7 Å². The van der Waals surface area contributed by atoms with Gasteiger partial charge in [-0.3, -0.25) is 0 Å². The van der Waals surface area contributed by atoms with Crippen molar-refractivity contribution in [1.82, 2.24) is 0 Å². The lowest BCUT2D eigenvalue weighted by molar-refractivity contribution is -0.137. The number of ether oxygens (including phenoxy) is 1. The maximum atomic E-state index is 12.5. The van der Waals surface area contributed by atoms with Gasteiger partial charge in [-0.1, -0.05) is 6.07 Å². The molecule has 0 saturated carbocycles. The molecule has 0 saturated heterocycles. The van der Waals surface area contributed by atoms with Gasteiger partial charge in [-0.05, 0) is 43.9 Å². The average Bonchev–Trinajstić information content (AvgIpc) is 2.27. The largest absolute Gasteiger partial charge is 0.496 e. The van der Waals surface area contributed by atoms with Crippen LogP contribution in [0, 0.1) is 0 Å². The molecule has 2 N–H and O–H groups in total. The minimum Gasteiger partial charge on any atom is -0.496 e. The van der Waals surface area contributed by atoms with Crippen molar-refractivity contribution in [1.29, 1.82) is 0 Å². The quantitative estimate of drug-likeness (QED) is 0.881. The van der Waals surface area contributed by atoms with Crippen LogP contribution in [0.1, 0.15) is 30.9 Å². The Bertz CT molecular complexity index is 388. The summed E-state index contributed by atoms with van der Waals surface area (Å²) in [4.78, 5) is 0. The molecule has 0 bridgehead atoms. The Morgan fingerprint density at radius 1 is 1.33 bits per heavy atom. The summed E-state index contributed by atoms with van der Waals surface area (Å²) >= 11 is 0. The van der Waals surface area contributed by atoms with Crippen LogP contribution in [-0.2, 0) is 12.6 Å². The first kappa shape index (κ1) is 14.8. The zero-order valence-electron chi connectivity index (χ0n) is 10.6. The number of benzene rings is 1. The molecule has 1 aromatic carbocycles. The van der Waals surface area contributed by atoms with Crippen LogP contribution in [0.5, 0.6) is 5.75 Å². The van der Waals surface area contributed by atoms with Crippen LogP contribution in [-0.4, -0.2) is 13.2 Å². The Morgan fingerprint density at radius 3 is 2.50 bits per heavy atom. The van der Waals surface area contributed by atoms with Crippen LogP contribution in [0.3, 0.4) is 0 Å². The first-order valence-corrected chi connectivity index (χ1v) is 5.84. The molecule has 1 rings (SSSR count). The second-order valence-electron chi connectivity index (χ2n) is 4.39. The highest BCUT2D eigenvalue weighted by atomic mass is 19.4. The van der Waals surface area contributed by atoms with Gasteiger partial charge < -0.3 is 10.5 Å². The number of aryl methyl sites for hydroxylation is 1. The number of hydrogen-bond acceptors (Lipinski definition) is 2. The highest BCUT2D eigenvalue weighted by molar-refractivity contribution is 5.38. The zero-order valence-corrected chi connectivity index (χ0v) is 10.6. The lowest BCUT2D eigenvalue weighted by Crippen LogP contribution is -2.14. The molecule has 0 aliphatic heterocycles. The molecule has 102 valence electrons. The van der Waals surface area contributed by atoms with Crippen molar-refractivity contribution >= 4 is 0 Å². The molecule has 0 radical (unpaired) electrons. The second-order valence-corrected chi connectivity index (χ2v) is 4.39. The summed E-state index contributed by atoms with van der Waals surface area (Å²) in [5.41, 5.74) is 5.73. The fraction of sp³-hybridized carbons (Fsp3) is 0.538. The van der Waals surface area contributed by atoms with Gasteiger partial charge in [-0.15, -0.1) is 0 Å². The molecule has 1 aromatic rings. The molecule has 1 unspecified atom stereocenters. The Morgan fingerprint density at radius 2 is 2.00 bits per heavy atom. The molecule has 0 amide bonds. The summed E-state index contributed by atoms with van der Waals surface area (Å²) < 4.78 is 42.6. The maximum absolute atomic E-state index is 12.5. The Labute approximate surface area is 105 Å². The van der Waals surface area contributed by atoms with Gasteiger partial charge in [0.15, 0.2) is 0 Å². The summed E-state index contributed by atoms with van der Waals surface area (Å²) in [7, 11) is 1.38. The van der Waals surface area contributed by atoms with E-state index in [0.29, 0.717) is 6.42 Å². The van der Waals surface area contributed by atoms with Crippen LogP contribution in [0.2, 0.25) is 0 Å². The zero-order chi connectivity index (χ0) is 13.8. The highest BCUT2D eigenvalue weighted by Gasteiger charge is 2.31. The predicted molar refractivity (Wildman–Crippen MR) is 64.6 cm³/mol. The van der Waals surface area contributed by atoms with Gasteiger partial charge in [0.2, 0.25) is 0 Å². The third-order valence-electron chi connectivity index (χ3n) is 2.72. The molecule has 0 aliphatic carbocycles. The first-order valence-electron chi connectivity index (χ1n) is 5.84. The monoisotopic (exact) mass is 261 g/mol. The fourth-order valence-electron chi connectivity index (χ4n) is 1.74. The molecule has 0 aromatic heterocycles. The lowest BCUT2D eigenvalue weighted by atomic mass is 10.0. The third kappa shape index (κ3) is 4.22. The van der Waals surface area contributed by atoms with Gasteiger partial charge in [0.1, 0.15) is 5.75 Å². The number of rotatable bonds is 5. The van der Waals surface area contributed by atoms with Crippen LogP contribution in [0.25, 0.3) is 0 Å². The molecule has 0 heterocycles. The molecule has 0 fully saturated rings. The predicted octanol–water partition coefficient (Wildman–Crippen LogP) is 3.38. The average molecular weight is 261 g/mol. The molecule has 0 spiro atoms. The van der Waals surface area contributed by atoms with Crippen molar-refractivity contribution in [3.63, 3.8) is 0 Å². The minimum atomic E-state index is -4.34. The van der Waals surface area contributed by atoms with Crippen LogP contribution < -0.4 is 10.5 Å². The highest BCUT2D eigenvalue weighted by Crippen LogP contribution is 2.33. The van der Waals surface area contributed by atoms with Gasteiger partial charge in [0.25, 0.3) is 0 Å². The standard InChI is InChI=1S/C13H18F3NO/c1-9(17)4-3-5-10-6-7-11(13(14,15)16)8-12(10)18-2/h6-9H,3-5,17H2,1-2H3. The van der Waals surface area contributed by atoms with Crippen molar-refractivity contribution in [2.75, 3.05) is 7.11 Å².